The summed E-state index contributed by atoms with van der Waals surface area (Å²) in [6.45, 7) is 2.10. The third kappa shape index (κ3) is 6.57. The molecule has 2 heterocycles. The molecule has 3 atom stereocenters. The van der Waals surface area contributed by atoms with Gasteiger partial charge in [0.05, 0.1) is 11.0 Å². The van der Waals surface area contributed by atoms with Gasteiger partial charge in [0.1, 0.15) is 5.75 Å². The molecule has 0 radical (unpaired) electrons. The lowest BCUT2D eigenvalue weighted by Gasteiger charge is -2.41. The zero-order valence-electron chi connectivity index (χ0n) is 26.7. The van der Waals surface area contributed by atoms with Gasteiger partial charge >= 0.3 is 0 Å². The Kier molecular flexibility index (Phi) is 8.98. The third-order valence-corrected chi connectivity index (χ3v) is 11.9. The summed E-state index contributed by atoms with van der Waals surface area (Å²) in [6, 6.07) is 19.8. The highest BCUT2D eigenvalue weighted by Gasteiger charge is 2.53. The molecule has 7 rings (SSSR count). The predicted molar refractivity (Wildman–Crippen MR) is 184 cm³/mol. The average Bonchev–Trinajstić information content (AvgIpc) is 3.68. The number of amides is 1. The van der Waals surface area contributed by atoms with E-state index in [9.17, 15) is 13.2 Å². The lowest BCUT2D eigenvalue weighted by Crippen LogP contribution is -2.59. The minimum absolute atomic E-state index is 0.175. The molecule has 4 aromatic rings. The standard InChI is InChI=1S/C38H39ClF2N2O4S/c1-24-20-31-16-17-32(21-24)43(31)37(44)36(38(40,41)29-12-6-25(7-13-29)26-8-14-30(39)15-9-26)42-48(45,46)35-19-11-27-22-34(18-10-28(27)23-35)47-33-4-2-3-5-33/h6-15,18-19,22-24,31-33,36,42H,2-5,16-17,20-21H2,1H3. The number of nitrogens with one attached hydrogen (secondary N) is 1. The van der Waals surface area contributed by atoms with Gasteiger partial charge in [-0.2, -0.15) is 13.5 Å². The van der Waals surface area contributed by atoms with Gasteiger partial charge in [0, 0.05) is 22.7 Å². The van der Waals surface area contributed by atoms with Gasteiger partial charge in [-0.3, -0.25) is 4.79 Å². The summed E-state index contributed by atoms with van der Waals surface area (Å²) in [7, 11) is -4.56. The number of carbonyl (C=O) groups is 1. The van der Waals surface area contributed by atoms with Gasteiger partial charge in [0.25, 0.3) is 5.92 Å². The van der Waals surface area contributed by atoms with Crippen molar-refractivity contribution in [3.8, 4) is 16.9 Å². The van der Waals surface area contributed by atoms with Crippen molar-refractivity contribution in [2.45, 2.75) is 93.3 Å². The molecule has 3 unspecified atom stereocenters. The normalized spacial score (nSPS) is 22.2. The molecule has 252 valence electrons. The number of piperidine rings is 1. The van der Waals surface area contributed by atoms with E-state index >= 15 is 8.78 Å². The number of sulfonamides is 1. The van der Waals surface area contributed by atoms with Crippen LogP contribution in [0, 0.1) is 5.92 Å². The highest BCUT2D eigenvalue weighted by molar-refractivity contribution is 7.89. The molecule has 1 saturated carbocycles. The summed E-state index contributed by atoms with van der Waals surface area (Å²) < 4.78 is 69.4. The molecular formula is C38H39ClF2N2O4S. The van der Waals surface area contributed by atoms with E-state index in [-0.39, 0.29) is 23.1 Å². The Bertz CT molecular complexity index is 1900. The number of ether oxygens (including phenoxy) is 1. The van der Waals surface area contributed by atoms with Gasteiger partial charge in [-0.25, -0.2) is 8.42 Å². The first-order valence-corrected chi connectivity index (χ1v) is 18.6. The van der Waals surface area contributed by atoms with Crippen LogP contribution in [0.15, 0.2) is 89.8 Å². The largest absolute Gasteiger partial charge is 0.490 e. The second-order valence-electron chi connectivity index (χ2n) is 13.7. The summed E-state index contributed by atoms with van der Waals surface area (Å²) in [6.07, 6.45) is 7.34. The molecule has 0 spiro atoms. The number of rotatable bonds is 9. The average molecular weight is 693 g/mol. The Labute approximate surface area is 285 Å². The number of benzene rings is 4. The molecule has 2 bridgehead atoms. The summed E-state index contributed by atoms with van der Waals surface area (Å²) in [5.41, 5.74) is 1.02. The summed E-state index contributed by atoms with van der Waals surface area (Å²) in [5.74, 6) is -3.67. The fraction of sp³-hybridized carbons (Fsp3) is 0.395. The Morgan fingerprint density at radius 1 is 0.854 bits per heavy atom. The first-order valence-electron chi connectivity index (χ1n) is 16.8. The predicted octanol–water partition coefficient (Wildman–Crippen LogP) is 8.71. The van der Waals surface area contributed by atoms with Crippen molar-refractivity contribution >= 4 is 38.3 Å². The molecule has 0 aromatic heterocycles. The third-order valence-electron chi connectivity index (χ3n) is 10.3. The minimum atomic E-state index is -4.56. The summed E-state index contributed by atoms with van der Waals surface area (Å²) in [5, 5.41) is 1.94. The van der Waals surface area contributed by atoms with Gasteiger partial charge < -0.3 is 9.64 Å². The Balaban J connectivity index is 1.20. The van der Waals surface area contributed by atoms with Crippen LogP contribution in [0.3, 0.4) is 0 Å². The molecule has 1 aliphatic carbocycles. The van der Waals surface area contributed by atoms with Crippen LogP contribution < -0.4 is 9.46 Å². The highest BCUT2D eigenvalue weighted by atomic mass is 35.5. The van der Waals surface area contributed by atoms with Crippen molar-refractivity contribution in [2.75, 3.05) is 0 Å². The molecule has 48 heavy (non-hydrogen) atoms. The zero-order valence-corrected chi connectivity index (χ0v) is 28.3. The lowest BCUT2D eigenvalue weighted by atomic mass is 9.90. The number of carbonyl (C=O) groups excluding carboxylic acids is 1. The van der Waals surface area contributed by atoms with Crippen molar-refractivity contribution in [1.29, 1.82) is 0 Å². The number of nitrogens with zero attached hydrogens (tertiary/aromatic N) is 1. The van der Waals surface area contributed by atoms with Crippen LogP contribution in [0.4, 0.5) is 8.78 Å². The highest BCUT2D eigenvalue weighted by Crippen LogP contribution is 2.42. The van der Waals surface area contributed by atoms with E-state index in [1.807, 2.05) is 6.07 Å². The topological polar surface area (TPSA) is 75.7 Å². The van der Waals surface area contributed by atoms with E-state index in [1.165, 1.54) is 29.2 Å². The molecule has 6 nitrogen and oxygen atoms in total. The number of fused-ring (bicyclic) bond motifs is 3. The smallest absolute Gasteiger partial charge is 0.298 e. The molecule has 2 saturated heterocycles. The molecule has 1 N–H and O–H groups in total. The number of hydrogen-bond donors (Lipinski definition) is 1. The second kappa shape index (κ2) is 13.1. The van der Waals surface area contributed by atoms with Crippen LogP contribution in [0.1, 0.15) is 63.9 Å². The number of alkyl halides is 2. The van der Waals surface area contributed by atoms with Crippen LogP contribution >= 0.6 is 11.6 Å². The van der Waals surface area contributed by atoms with Crippen molar-refractivity contribution in [3.63, 3.8) is 0 Å². The summed E-state index contributed by atoms with van der Waals surface area (Å²) >= 11 is 6.01. The van der Waals surface area contributed by atoms with E-state index in [1.54, 1.807) is 54.6 Å². The van der Waals surface area contributed by atoms with Gasteiger partial charge in [-0.05, 0) is 116 Å². The van der Waals surface area contributed by atoms with Crippen molar-refractivity contribution < 1.29 is 26.7 Å². The minimum Gasteiger partial charge on any atom is -0.490 e. The van der Waals surface area contributed by atoms with Gasteiger partial charge in [0.2, 0.25) is 15.9 Å². The van der Waals surface area contributed by atoms with E-state index in [2.05, 4.69) is 11.6 Å². The maximum absolute atomic E-state index is 16.7. The SMILES string of the molecule is CC1CC2CCC(C1)N2C(=O)C(NS(=O)(=O)c1ccc2cc(OC3CCCC3)ccc2c1)C(F)(F)c1ccc(-c2ccc(Cl)cc2)cc1. The van der Waals surface area contributed by atoms with Gasteiger partial charge in [-0.15, -0.1) is 0 Å². The fourth-order valence-corrected chi connectivity index (χ4v) is 9.15. The zero-order chi connectivity index (χ0) is 33.6. The van der Waals surface area contributed by atoms with Gasteiger partial charge in [-0.1, -0.05) is 67.1 Å². The molecule has 3 fully saturated rings. The van der Waals surface area contributed by atoms with Crippen LogP contribution in [-0.2, 0) is 20.7 Å². The van der Waals surface area contributed by atoms with E-state index in [4.69, 9.17) is 16.3 Å². The van der Waals surface area contributed by atoms with E-state index in [0.717, 1.165) is 49.5 Å². The first kappa shape index (κ1) is 33.0. The second-order valence-corrected chi connectivity index (χ2v) is 15.8. The maximum atomic E-state index is 16.7. The Morgan fingerprint density at radius 3 is 2.08 bits per heavy atom. The van der Waals surface area contributed by atoms with Crippen molar-refractivity contribution in [2.24, 2.45) is 5.92 Å². The van der Waals surface area contributed by atoms with Crippen molar-refractivity contribution in [3.05, 3.63) is 95.5 Å². The van der Waals surface area contributed by atoms with Crippen LogP contribution in [-0.4, -0.2) is 43.5 Å². The number of hydrogen-bond acceptors (Lipinski definition) is 4. The molecular weight excluding hydrogens is 654 g/mol. The molecule has 4 aromatic carbocycles. The lowest BCUT2D eigenvalue weighted by molar-refractivity contribution is -0.149. The van der Waals surface area contributed by atoms with E-state index < -0.39 is 33.5 Å². The van der Waals surface area contributed by atoms with Crippen LogP contribution in [0.5, 0.6) is 5.75 Å². The van der Waals surface area contributed by atoms with Crippen LogP contribution in [0.2, 0.25) is 5.02 Å². The molecule has 1 amide bonds. The summed E-state index contributed by atoms with van der Waals surface area (Å²) in [4.78, 5) is 15.5. The first-order chi connectivity index (χ1) is 23.0. The number of halogens is 3. The van der Waals surface area contributed by atoms with Crippen molar-refractivity contribution in [1.82, 2.24) is 9.62 Å². The quantitative estimate of drug-likeness (QED) is 0.190. The molecule has 2 aliphatic heterocycles. The molecule has 10 heteroatoms. The van der Waals surface area contributed by atoms with Crippen LogP contribution in [0.25, 0.3) is 21.9 Å². The monoisotopic (exact) mass is 692 g/mol. The fourth-order valence-electron chi connectivity index (χ4n) is 7.80. The Hall–Kier alpha value is -3.53. The maximum Gasteiger partial charge on any atom is 0.298 e. The van der Waals surface area contributed by atoms with Gasteiger partial charge in [0.15, 0.2) is 6.04 Å². The van der Waals surface area contributed by atoms with E-state index in [0.29, 0.717) is 40.5 Å². The Morgan fingerprint density at radius 2 is 1.44 bits per heavy atom. The molecule has 3 aliphatic rings.